The molecule has 1 aliphatic rings. The third kappa shape index (κ3) is 3.32. The molecule has 1 aromatic rings. The average molecular weight is 348 g/mol. The first-order valence-electron chi connectivity index (χ1n) is 4.96. The summed E-state index contributed by atoms with van der Waals surface area (Å²) in [6, 6.07) is 3.51. The van der Waals surface area contributed by atoms with Crippen molar-refractivity contribution in [2.45, 2.75) is 12.5 Å². The van der Waals surface area contributed by atoms with Gasteiger partial charge >= 0.3 is 11.9 Å². The van der Waals surface area contributed by atoms with Crippen LogP contribution in [0.2, 0.25) is 0 Å². The molecule has 0 radical (unpaired) electrons. The molecule has 0 N–H and O–H groups in total. The molecule has 1 unspecified atom stereocenters. The number of carbonyl (C=O) groups excluding carboxylic acids is 2. The van der Waals surface area contributed by atoms with E-state index >= 15 is 0 Å². The van der Waals surface area contributed by atoms with Crippen molar-refractivity contribution >= 4 is 40.6 Å². The van der Waals surface area contributed by atoms with Crippen molar-refractivity contribution in [2.24, 2.45) is 0 Å². The van der Waals surface area contributed by atoms with Crippen LogP contribution in [0.1, 0.15) is 12.2 Å². The standard InChI is InChI=1S/C11H9IO5/c12-9-3-1-7(16-9)2-4-10(13)17-8-5-6-15-11(8)14/h1-4,8H,5-6H2/b4-2+. The highest BCUT2D eigenvalue weighted by atomic mass is 127. The van der Waals surface area contributed by atoms with Crippen LogP contribution in [-0.4, -0.2) is 24.6 Å². The van der Waals surface area contributed by atoms with Gasteiger partial charge in [-0.25, -0.2) is 9.59 Å². The summed E-state index contributed by atoms with van der Waals surface area (Å²) in [4.78, 5) is 22.4. The minimum absolute atomic E-state index is 0.302. The van der Waals surface area contributed by atoms with Crippen molar-refractivity contribution in [2.75, 3.05) is 6.61 Å². The molecular formula is C11H9IO5. The first-order chi connectivity index (χ1) is 8.15. The van der Waals surface area contributed by atoms with Crippen molar-refractivity contribution in [1.29, 1.82) is 0 Å². The minimum Gasteiger partial charge on any atom is -0.463 e. The van der Waals surface area contributed by atoms with Crippen molar-refractivity contribution in [3.05, 3.63) is 27.7 Å². The maximum Gasteiger partial charge on any atom is 0.347 e. The quantitative estimate of drug-likeness (QED) is 0.473. The van der Waals surface area contributed by atoms with Gasteiger partial charge in [-0.2, -0.15) is 0 Å². The van der Waals surface area contributed by atoms with Crippen LogP contribution in [0.5, 0.6) is 0 Å². The third-order valence-electron chi connectivity index (χ3n) is 2.12. The van der Waals surface area contributed by atoms with Crippen LogP contribution < -0.4 is 0 Å². The molecule has 2 heterocycles. The second kappa shape index (κ2) is 5.35. The van der Waals surface area contributed by atoms with E-state index in [9.17, 15) is 9.59 Å². The Balaban J connectivity index is 1.88. The van der Waals surface area contributed by atoms with Gasteiger partial charge < -0.3 is 13.9 Å². The Kier molecular flexibility index (Phi) is 3.82. The second-order valence-electron chi connectivity index (χ2n) is 3.36. The van der Waals surface area contributed by atoms with E-state index in [0.717, 1.165) is 3.77 Å². The van der Waals surface area contributed by atoms with Crippen molar-refractivity contribution in [3.63, 3.8) is 0 Å². The van der Waals surface area contributed by atoms with Crippen molar-refractivity contribution < 1.29 is 23.5 Å². The van der Waals surface area contributed by atoms with E-state index in [2.05, 4.69) is 4.74 Å². The van der Waals surface area contributed by atoms with Gasteiger partial charge in [-0.1, -0.05) is 0 Å². The summed E-state index contributed by atoms with van der Waals surface area (Å²) in [6.45, 7) is 0.302. The molecule has 0 spiro atoms. The topological polar surface area (TPSA) is 65.7 Å². The lowest BCUT2D eigenvalue weighted by Crippen LogP contribution is -2.21. The van der Waals surface area contributed by atoms with Crippen LogP contribution >= 0.6 is 22.6 Å². The van der Waals surface area contributed by atoms with E-state index in [-0.39, 0.29) is 0 Å². The fourth-order valence-electron chi connectivity index (χ4n) is 1.33. The lowest BCUT2D eigenvalue weighted by atomic mass is 10.3. The van der Waals surface area contributed by atoms with Crippen LogP contribution in [0.25, 0.3) is 6.08 Å². The predicted octanol–water partition coefficient (Wildman–Crippen LogP) is 1.76. The normalized spacial score (nSPS) is 19.6. The predicted molar refractivity (Wildman–Crippen MR) is 65.9 cm³/mol. The maximum atomic E-state index is 11.4. The lowest BCUT2D eigenvalue weighted by molar-refractivity contribution is -0.156. The molecule has 0 aliphatic carbocycles. The maximum absolute atomic E-state index is 11.4. The average Bonchev–Trinajstić information content (AvgIpc) is 2.86. The zero-order chi connectivity index (χ0) is 12.3. The molecule has 0 amide bonds. The summed E-state index contributed by atoms with van der Waals surface area (Å²) >= 11 is 2.02. The molecule has 1 fully saturated rings. The number of rotatable bonds is 3. The monoisotopic (exact) mass is 348 g/mol. The van der Waals surface area contributed by atoms with Gasteiger partial charge in [0.05, 0.1) is 6.61 Å². The molecule has 0 bridgehead atoms. The molecule has 6 heteroatoms. The molecule has 90 valence electrons. The molecule has 0 saturated carbocycles. The Labute approximate surface area is 111 Å². The summed E-state index contributed by atoms with van der Waals surface area (Å²) in [5.74, 6) is -0.514. The Hall–Kier alpha value is -1.31. The van der Waals surface area contributed by atoms with E-state index in [1.165, 1.54) is 12.2 Å². The van der Waals surface area contributed by atoms with Crippen LogP contribution in [0.3, 0.4) is 0 Å². The molecule has 2 rings (SSSR count). The van der Waals surface area contributed by atoms with Crippen LogP contribution in [0.15, 0.2) is 22.6 Å². The molecule has 5 nitrogen and oxygen atoms in total. The molecule has 1 aromatic heterocycles. The van der Waals surface area contributed by atoms with Crippen molar-refractivity contribution in [3.8, 4) is 0 Å². The van der Waals surface area contributed by atoms with E-state index < -0.39 is 18.0 Å². The van der Waals surface area contributed by atoms with Gasteiger partial charge in [-0.05, 0) is 40.8 Å². The third-order valence-corrected chi connectivity index (χ3v) is 2.70. The smallest absolute Gasteiger partial charge is 0.347 e. The Morgan fingerprint density at radius 3 is 2.94 bits per heavy atom. The zero-order valence-electron chi connectivity index (χ0n) is 8.72. The molecule has 1 atom stereocenters. The molecule has 1 saturated heterocycles. The van der Waals surface area contributed by atoms with E-state index in [1.54, 1.807) is 12.1 Å². The van der Waals surface area contributed by atoms with Gasteiger partial charge in [-0.15, -0.1) is 0 Å². The largest absolute Gasteiger partial charge is 0.463 e. The number of cyclic esters (lactones) is 1. The molecule has 1 aliphatic heterocycles. The highest BCUT2D eigenvalue weighted by Gasteiger charge is 2.29. The summed E-state index contributed by atoms with van der Waals surface area (Å²) < 4.78 is 15.5. The number of carbonyl (C=O) groups is 2. The summed E-state index contributed by atoms with van der Waals surface area (Å²) in [5, 5.41) is 0. The van der Waals surface area contributed by atoms with Gasteiger partial charge in [0.25, 0.3) is 0 Å². The van der Waals surface area contributed by atoms with Gasteiger partial charge in [-0.3, -0.25) is 0 Å². The molecular weight excluding hydrogens is 339 g/mol. The number of hydrogen-bond donors (Lipinski definition) is 0. The van der Waals surface area contributed by atoms with Crippen LogP contribution in [0, 0.1) is 3.77 Å². The minimum atomic E-state index is -0.774. The Morgan fingerprint density at radius 2 is 2.35 bits per heavy atom. The van der Waals surface area contributed by atoms with Gasteiger partial charge in [0.1, 0.15) is 5.76 Å². The number of hydrogen-bond acceptors (Lipinski definition) is 5. The first kappa shape index (κ1) is 12.2. The Bertz CT molecular complexity index is 462. The highest BCUT2D eigenvalue weighted by molar-refractivity contribution is 14.1. The summed E-state index contributed by atoms with van der Waals surface area (Å²) in [7, 11) is 0. The number of halogens is 1. The van der Waals surface area contributed by atoms with Crippen LogP contribution in [-0.2, 0) is 19.1 Å². The fourth-order valence-corrected chi connectivity index (χ4v) is 1.77. The fraction of sp³-hybridized carbons (Fsp3) is 0.273. The number of ether oxygens (including phenoxy) is 2. The van der Waals surface area contributed by atoms with Gasteiger partial charge in [0.2, 0.25) is 6.10 Å². The first-order valence-corrected chi connectivity index (χ1v) is 6.04. The van der Waals surface area contributed by atoms with Crippen LogP contribution in [0.4, 0.5) is 0 Å². The summed E-state index contributed by atoms with van der Waals surface area (Å²) in [5.41, 5.74) is 0. The van der Waals surface area contributed by atoms with Crippen molar-refractivity contribution in [1.82, 2.24) is 0 Å². The van der Waals surface area contributed by atoms with E-state index in [4.69, 9.17) is 9.15 Å². The molecule has 0 aromatic carbocycles. The molecule has 17 heavy (non-hydrogen) atoms. The number of esters is 2. The zero-order valence-corrected chi connectivity index (χ0v) is 10.9. The number of furan rings is 1. The van der Waals surface area contributed by atoms with Gasteiger partial charge in [0, 0.05) is 12.5 Å². The van der Waals surface area contributed by atoms with E-state index in [1.807, 2.05) is 22.6 Å². The Morgan fingerprint density at radius 1 is 1.53 bits per heavy atom. The van der Waals surface area contributed by atoms with E-state index in [0.29, 0.717) is 18.8 Å². The summed E-state index contributed by atoms with van der Waals surface area (Å²) in [6.07, 6.45) is 2.35. The second-order valence-corrected chi connectivity index (χ2v) is 4.42. The van der Waals surface area contributed by atoms with Gasteiger partial charge in [0.15, 0.2) is 3.77 Å². The SMILES string of the molecule is O=C(/C=C/c1ccc(I)o1)OC1CCOC1=O. The highest BCUT2D eigenvalue weighted by Crippen LogP contribution is 2.13. The lowest BCUT2D eigenvalue weighted by Gasteiger charge is -2.04.